The van der Waals surface area contributed by atoms with Gasteiger partial charge in [0.2, 0.25) is 0 Å². The summed E-state index contributed by atoms with van der Waals surface area (Å²) < 4.78 is 16.1. The topological polar surface area (TPSA) is 79.6 Å². The third kappa shape index (κ3) is 1.92. The van der Waals surface area contributed by atoms with Gasteiger partial charge in [-0.05, 0) is 30.3 Å². The Morgan fingerprint density at radius 3 is 2.95 bits per heavy atom. The Balaban J connectivity index is 1.95. The average molecular weight is 362 g/mol. The summed E-state index contributed by atoms with van der Waals surface area (Å²) in [4.78, 5) is 0. The van der Waals surface area contributed by atoms with Gasteiger partial charge in [0, 0.05) is 9.86 Å². The van der Waals surface area contributed by atoms with Gasteiger partial charge in [0.15, 0.2) is 5.82 Å². The van der Waals surface area contributed by atoms with Crippen LogP contribution in [-0.4, -0.2) is 30.3 Å². The van der Waals surface area contributed by atoms with Crippen molar-refractivity contribution in [2.45, 2.75) is 6.61 Å². The predicted octanol–water partition coefficient (Wildman–Crippen LogP) is 2.69. The highest BCUT2D eigenvalue weighted by Crippen LogP contribution is 2.25. The fourth-order valence-electron chi connectivity index (χ4n) is 2.45. The summed E-state index contributed by atoms with van der Waals surface area (Å²) in [5.74, 6) is -0.431. The Morgan fingerprint density at radius 2 is 2.14 bits per heavy atom. The van der Waals surface area contributed by atoms with Crippen LogP contribution in [0, 0.1) is 5.82 Å². The van der Waals surface area contributed by atoms with Crippen LogP contribution in [0.1, 0.15) is 5.69 Å². The van der Waals surface area contributed by atoms with Crippen molar-refractivity contribution in [3.63, 3.8) is 0 Å². The van der Waals surface area contributed by atoms with Gasteiger partial charge in [-0.1, -0.05) is 21.1 Å². The van der Waals surface area contributed by atoms with E-state index < -0.39 is 5.82 Å². The van der Waals surface area contributed by atoms with Crippen molar-refractivity contribution in [2.24, 2.45) is 0 Å². The number of nitrogens with zero attached hydrogens (tertiary/aromatic N) is 4. The molecular formula is C14H9BrFN5O. The average Bonchev–Trinajstić information content (AvgIpc) is 3.09. The summed E-state index contributed by atoms with van der Waals surface area (Å²) in [6, 6.07) is 8.57. The van der Waals surface area contributed by atoms with Gasteiger partial charge in [-0.25, -0.2) is 9.07 Å². The number of aromatic nitrogens is 5. The first-order valence-corrected chi connectivity index (χ1v) is 7.25. The molecule has 4 rings (SSSR count). The van der Waals surface area contributed by atoms with Crippen LogP contribution in [0.2, 0.25) is 0 Å². The minimum atomic E-state index is -0.431. The summed E-state index contributed by atoms with van der Waals surface area (Å²) >= 11 is 3.27. The first-order valence-electron chi connectivity index (χ1n) is 6.46. The second kappa shape index (κ2) is 4.85. The van der Waals surface area contributed by atoms with Crippen molar-refractivity contribution >= 4 is 37.9 Å². The second-order valence-corrected chi connectivity index (χ2v) is 5.73. The quantitative estimate of drug-likeness (QED) is 0.575. The smallest absolute Gasteiger partial charge is 0.154 e. The Kier molecular flexibility index (Phi) is 2.95. The highest BCUT2D eigenvalue weighted by atomic mass is 79.9. The summed E-state index contributed by atoms with van der Waals surface area (Å²) in [5, 5.41) is 24.9. The van der Waals surface area contributed by atoms with Crippen LogP contribution in [0.15, 0.2) is 34.8 Å². The van der Waals surface area contributed by atoms with E-state index in [1.54, 1.807) is 16.8 Å². The molecular weight excluding hydrogens is 353 g/mol. The maximum atomic E-state index is 13.9. The van der Waals surface area contributed by atoms with Gasteiger partial charge in [0.05, 0.1) is 29.0 Å². The van der Waals surface area contributed by atoms with Crippen molar-refractivity contribution < 1.29 is 9.50 Å². The third-order valence-electron chi connectivity index (χ3n) is 3.49. The largest absolute Gasteiger partial charge is 0.390 e. The molecule has 0 aliphatic rings. The van der Waals surface area contributed by atoms with Crippen LogP contribution in [0.4, 0.5) is 4.39 Å². The standard InChI is InChI=1S/C14H9BrFN5O/c15-7-3-10(16)14-13(4-7)21(20-19-14)8-1-2-9-11(5-8)17-18-12(9)6-22/h1-5,22H,6H2,(H,17,18). The molecule has 2 aromatic carbocycles. The van der Waals surface area contributed by atoms with Crippen LogP contribution in [-0.2, 0) is 6.61 Å². The molecule has 22 heavy (non-hydrogen) atoms. The lowest BCUT2D eigenvalue weighted by atomic mass is 10.2. The van der Waals surface area contributed by atoms with Crippen molar-refractivity contribution in [3.05, 3.63) is 46.3 Å². The lowest BCUT2D eigenvalue weighted by Gasteiger charge is -2.03. The Labute approximate surface area is 131 Å². The van der Waals surface area contributed by atoms with Crippen LogP contribution >= 0.6 is 15.9 Å². The van der Waals surface area contributed by atoms with Crippen LogP contribution in [0.3, 0.4) is 0 Å². The van der Waals surface area contributed by atoms with Gasteiger partial charge in [-0.3, -0.25) is 5.10 Å². The molecule has 0 aliphatic carbocycles. The lowest BCUT2D eigenvalue weighted by Crippen LogP contribution is -1.96. The third-order valence-corrected chi connectivity index (χ3v) is 3.95. The molecule has 2 aromatic heterocycles. The van der Waals surface area contributed by atoms with E-state index in [2.05, 4.69) is 36.4 Å². The van der Waals surface area contributed by atoms with Gasteiger partial charge < -0.3 is 5.11 Å². The highest BCUT2D eigenvalue weighted by molar-refractivity contribution is 9.10. The molecule has 0 spiro atoms. The predicted molar refractivity (Wildman–Crippen MR) is 82.1 cm³/mol. The fraction of sp³-hybridized carbons (Fsp3) is 0.0714. The second-order valence-electron chi connectivity index (χ2n) is 4.82. The fourth-order valence-corrected chi connectivity index (χ4v) is 2.87. The number of benzene rings is 2. The zero-order valence-electron chi connectivity index (χ0n) is 11.1. The molecule has 0 unspecified atom stereocenters. The van der Waals surface area contributed by atoms with E-state index in [1.807, 2.05) is 12.1 Å². The number of hydrogen-bond acceptors (Lipinski definition) is 4. The van der Waals surface area contributed by atoms with Crippen molar-refractivity contribution in [2.75, 3.05) is 0 Å². The maximum Gasteiger partial charge on any atom is 0.154 e. The Hall–Kier alpha value is -2.32. The summed E-state index contributed by atoms with van der Waals surface area (Å²) in [6.07, 6.45) is 0. The Bertz CT molecular complexity index is 1010. The van der Waals surface area contributed by atoms with Crippen molar-refractivity contribution in [1.29, 1.82) is 0 Å². The monoisotopic (exact) mass is 361 g/mol. The molecule has 6 nitrogen and oxygen atoms in total. The van der Waals surface area contributed by atoms with Gasteiger partial charge >= 0.3 is 0 Å². The lowest BCUT2D eigenvalue weighted by molar-refractivity contribution is 0.278. The number of hydrogen-bond donors (Lipinski definition) is 2. The zero-order valence-corrected chi connectivity index (χ0v) is 12.7. The zero-order chi connectivity index (χ0) is 15.3. The number of fused-ring (bicyclic) bond motifs is 2. The first-order chi connectivity index (χ1) is 10.7. The van der Waals surface area contributed by atoms with E-state index >= 15 is 0 Å². The number of halogens is 2. The molecule has 2 heterocycles. The molecule has 0 bridgehead atoms. The van der Waals surface area contributed by atoms with Gasteiger partial charge in [-0.15, -0.1) is 5.10 Å². The minimum Gasteiger partial charge on any atom is -0.390 e. The normalized spacial score (nSPS) is 11.6. The van der Waals surface area contributed by atoms with Gasteiger partial charge in [0.25, 0.3) is 0 Å². The molecule has 110 valence electrons. The number of nitrogens with one attached hydrogen (secondary N) is 1. The van der Waals surface area contributed by atoms with E-state index in [9.17, 15) is 9.50 Å². The molecule has 0 fully saturated rings. The highest BCUT2D eigenvalue weighted by Gasteiger charge is 2.13. The molecule has 4 aromatic rings. The van der Waals surface area contributed by atoms with E-state index in [0.717, 1.165) is 5.39 Å². The summed E-state index contributed by atoms with van der Waals surface area (Å²) in [6.45, 7) is -0.111. The molecule has 0 saturated carbocycles. The molecule has 0 radical (unpaired) electrons. The van der Waals surface area contributed by atoms with Crippen LogP contribution < -0.4 is 0 Å². The van der Waals surface area contributed by atoms with E-state index in [1.165, 1.54) is 6.07 Å². The van der Waals surface area contributed by atoms with Crippen molar-refractivity contribution in [1.82, 2.24) is 25.2 Å². The van der Waals surface area contributed by atoms with Gasteiger partial charge in [0.1, 0.15) is 5.52 Å². The van der Waals surface area contributed by atoms with E-state index in [-0.39, 0.29) is 12.1 Å². The van der Waals surface area contributed by atoms with Crippen LogP contribution in [0.25, 0.3) is 27.6 Å². The minimum absolute atomic E-state index is 0.111. The molecule has 8 heteroatoms. The van der Waals surface area contributed by atoms with Crippen molar-refractivity contribution in [3.8, 4) is 5.69 Å². The number of aromatic amines is 1. The van der Waals surface area contributed by atoms with Gasteiger partial charge in [-0.2, -0.15) is 5.10 Å². The Morgan fingerprint density at radius 1 is 1.27 bits per heavy atom. The van der Waals surface area contributed by atoms with E-state index in [4.69, 9.17) is 0 Å². The summed E-state index contributed by atoms with van der Waals surface area (Å²) in [7, 11) is 0. The molecule has 0 atom stereocenters. The molecule has 0 aliphatic heterocycles. The van der Waals surface area contributed by atoms with E-state index in [0.29, 0.717) is 26.9 Å². The first kappa shape index (κ1) is 13.4. The molecule has 0 saturated heterocycles. The maximum absolute atomic E-state index is 13.9. The number of rotatable bonds is 2. The number of aliphatic hydroxyl groups is 1. The SMILES string of the molecule is OCc1[nH]nc2cc(-n3nnc4c(F)cc(Br)cc43)ccc12. The van der Waals surface area contributed by atoms with Crippen LogP contribution in [0.5, 0.6) is 0 Å². The number of aliphatic hydroxyl groups excluding tert-OH is 1. The molecule has 0 amide bonds. The summed E-state index contributed by atoms with van der Waals surface area (Å²) in [5.41, 5.74) is 2.83. The number of H-pyrrole nitrogens is 1. The molecule has 2 N–H and O–H groups in total.